The number of alkyl halides is 8. The molecule has 0 aromatic heterocycles. The van der Waals surface area contributed by atoms with E-state index in [1.807, 2.05) is 0 Å². The van der Waals surface area contributed by atoms with Gasteiger partial charge in [0.15, 0.2) is 0 Å². The van der Waals surface area contributed by atoms with Gasteiger partial charge in [0.1, 0.15) is 0 Å². The predicted molar refractivity (Wildman–Crippen MR) is 57.7 cm³/mol. The lowest BCUT2D eigenvalue weighted by molar-refractivity contribution is -0.327. The highest BCUT2D eigenvalue weighted by Gasteiger charge is 2.82. The summed E-state index contributed by atoms with van der Waals surface area (Å²) < 4.78 is 99.2. The fraction of sp³-hybridized carbons (Fsp3) is 1.00. The zero-order valence-electron chi connectivity index (χ0n) is 10.0. The van der Waals surface area contributed by atoms with Crippen molar-refractivity contribution in [2.45, 2.75) is 48.7 Å². The summed E-state index contributed by atoms with van der Waals surface area (Å²) in [5, 5.41) is 0. The van der Waals surface area contributed by atoms with Crippen LogP contribution in [0.5, 0.6) is 0 Å². The molecule has 2 bridgehead atoms. The van der Waals surface area contributed by atoms with E-state index in [1.165, 1.54) is 0 Å². The Morgan fingerprint density at radius 1 is 0.750 bits per heavy atom. The predicted octanol–water partition coefficient (Wildman–Crippen LogP) is 4.85. The van der Waals surface area contributed by atoms with Crippen molar-refractivity contribution in [3.8, 4) is 0 Å². The first kappa shape index (κ1) is 16.2. The molecule has 2 rings (SSSR count). The Bertz CT molecular complexity index is 371. The van der Waals surface area contributed by atoms with Crippen molar-refractivity contribution in [1.82, 2.24) is 0 Å². The molecule has 118 valence electrons. The molecule has 2 aliphatic carbocycles. The average Bonchev–Trinajstić information content (AvgIpc) is 2.86. The minimum atomic E-state index is -6.18. The fourth-order valence-corrected chi connectivity index (χ4v) is 3.66. The molecule has 2 fully saturated rings. The molecule has 0 N–H and O–H groups in total. The molecule has 3 unspecified atom stereocenters. The Labute approximate surface area is 115 Å². The zero-order valence-corrected chi connectivity index (χ0v) is 10.9. The zero-order chi connectivity index (χ0) is 15.6. The van der Waals surface area contributed by atoms with Gasteiger partial charge in [-0.05, 0) is 31.1 Å². The van der Waals surface area contributed by atoms with E-state index < -0.39 is 34.9 Å². The van der Waals surface area contributed by atoms with Crippen LogP contribution >= 0.6 is 12.6 Å². The molecule has 0 amide bonds. The molecule has 0 aliphatic heterocycles. The maximum Gasteiger partial charge on any atom is 0.417 e. The molecule has 3 atom stereocenters. The molecule has 0 aromatic rings. The van der Waals surface area contributed by atoms with Crippen LogP contribution in [0.3, 0.4) is 0 Å². The van der Waals surface area contributed by atoms with E-state index in [0.717, 1.165) is 0 Å². The van der Waals surface area contributed by atoms with Gasteiger partial charge in [-0.2, -0.15) is 26.3 Å². The third kappa shape index (κ3) is 2.02. The van der Waals surface area contributed by atoms with Crippen LogP contribution in [0.1, 0.15) is 25.7 Å². The van der Waals surface area contributed by atoms with E-state index >= 15 is 0 Å². The summed E-state index contributed by atoms with van der Waals surface area (Å²) in [5.74, 6) is -7.88. The van der Waals surface area contributed by atoms with Gasteiger partial charge in [0, 0.05) is 5.92 Å². The number of thiol groups is 1. The van der Waals surface area contributed by atoms with Crippen molar-refractivity contribution in [3.63, 3.8) is 0 Å². The largest absolute Gasteiger partial charge is 0.417 e. The SMILES string of the molecule is FC(F)(F)C(S)(C(F)(F)F)C(F)(F)C1CC2CCC1C2. The second-order valence-corrected chi connectivity index (χ2v) is 6.28. The lowest BCUT2D eigenvalue weighted by Gasteiger charge is -2.43. The van der Waals surface area contributed by atoms with Crippen LogP contribution in [-0.2, 0) is 0 Å². The Morgan fingerprint density at radius 3 is 1.55 bits per heavy atom. The maximum atomic E-state index is 14.1. The average molecular weight is 328 g/mol. The van der Waals surface area contributed by atoms with E-state index in [-0.39, 0.29) is 25.2 Å². The molecule has 2 saturated carbocycles. The summed E-state index contributed by atoms with van der Waals surface area (Å²) in [6, 6.07) is 0. The lowest BCUT2D eigenvalue weighted by Crippen LogP contribution is -2.66. The van der Waals surface area contributed by atoms with Crippen molar-refractivity contribution in [2.75, 3.05) is 0 Å². The Hall–Kier alpha value is -0.210. The van der Waals surface area contributed by atoms with Crippen molar-refractivity contribution < 1.29 is 35.1 Å². The lowest BCUT2D eigenvalue weighted by atomic mass is 9.77. The number of fused-ring (bicyclic) bond motifs is 2. The highest BCUT2D eigenvalue weighted by Crippen LogP contribution is 2.64. The fourth-order valence-electron chi connectivity index (χ4n) is 3.50. The van der Waals surface area contributed by atoms with Crippen LogP contribution in [-0.4, -0.2) is 23.0 Å². The third-order valence-electron chi connectivity index (χ3n) is 4.51. The molecule has 9 heteroatoms. The first-order valence-electron chi connectivity index (χ1n) is 6.06. The van der Waals surface area contributed by atoms with E-state index in [1.54, 1.807) is 0 Å². The molecular weight excluding hydrogens is 316 g/mol. The van der Waals surface area contributed by atoms with Gasteiger partial charge in [-0.3, -0.25) is 0 Å². The van der Waals surface area contributed by atoms with Crippen LogP contribution in [0.4, 0.5) is 35.1 Å². The Balaban J connectivity index is 2.43. The number of rotatable bonds is 2. The minimum Gasteiger partial charge on any atom is -0.204 e. The van der Waals surface area contributed by atoms with Gasteiger partial charge < -0.3 is 0 Å². The normalized spacial score (nSPS) is 31.9. The van der Waals surface area contributed by atoms with Crippen molar-refractivity contribution >= 4 is 12.6 Å². The molecule has 0 radical (unpaired) electrons. The first-order valence-corrected chi connectivity index (χ1v) is 6.50. The topological polar surface area (TPSA) is 0 Å². The van der Waals surface area contributed by atoms with Crippen LogP contribution in [0.2, 0.25) is 0 Å². The Kier molecular flexibility index (Phi) is 3.55. The second kappa shape index (κ2) is 4.39. The van der Waals surface area contributed by atoms with Gasteiger partial charge in [0.2, 0.25) is 0 Å². The van der Waals surface area contributed by atoms with Gasteiger partial charge in [0.25, 0.3) is 10.7 Å². The van der Waals surface area contributed by atoms with Crippen LogP contribution < -0.4 is 0 Å². The van der Waals surface area contributed by atoms with Gasteiger partial charge in [-0.15, -0.1) is 12.6 Å². The number of halogens is 8. The maximum absolute atomic E-state index is 14.1. The van der Waals surface area contributed by atoms with E-state index in [2.05, 4.69) is 12.6 Å². The second-order valence-electron chi connectivity index (χ2n) is 5.61. The molecule has 0 aromatic carbocycles. The van der Waals surface area contributed by atoms with Crippen LogP contribution in [0, 0.1) is 17.8 Å². The van der Waals surface area contributed by atoms with Gasteiger partial charge in [-0.1, -0.05) is 6.42 Å². The summed E-state index contributed by atoms with van der Waals surface area (Å²) in [4.78, 5) is 0. The molecule has 0 nitrogen and oxygen atoms in total. The summed E-state index contributed by atoms with van der Waals surface area (Å²) in [6.45, 7) is 0. The summed E-state index contributed by atoms with van der Waals surface area (Å²) in [5.41, 5.74) is 0. The number of hydrogen-bond acceptors (Lipinski definition) is 1. The van der Waals surface area contributed by atoms with Gasteiger partial charge in [0.05, 0.1) is 0 Å². The molecule has 0 saturated heterocycles. The summed E-state index contributed by atoms with van der Waals surface area (Å²) in [7, 11) is 0. The van der Waals surface area contributed by atoms with Gasteiger partial charge in [-0.25, -0.2) is 8.78 Å². The molecule has 20 heavy (non-hydrogen) atoms. The van der Waals surface area contributed by atoms with Gasteiger partial charge >= 0.3 is 12.4 Å². The standard InChI is InChI=1S/C11H12F8S/c12-8(13,7-4-5-1-2-6(7)3-5)9(20,10(14,15)16)11(17,18)19/h5-7,20H,1-4H2. The molecule has 2 aliphatic rings. The van der Waals surface area contributed by atoms with Crippen molar-refractivity contribution in [1.29, 1.82) is 0 Å². The molecular formula is C11H12F8S. The highest BCUT2D eigenvalue weighted by molar-refractivity contribution is 7.82. The molecule has 0 heterocycles. The summed E-state index contributed by atoms with van der Waals surface area (Å²) in [6.07, 6.45) is -11.5. The van der Waals surface area contributed by atoms with E-state index in [9.17, 15) is 35.1 Å². The molecule has 0 spiro atoms. The van der Waals surface area contributed by atoms with Crippen LogP contribution in [0.25, 0.3) is 0 Å². The third-order valence-corrected chi connectivity index (χ3v) is 5.31. The smallest absolute Gasteiger partial charge is 0.204 e. The minimum absolute atomic E-state index is 0.199. The van der Waals surface area contributed by atoms with Crippen LogP contribution in [0.15, 0.2) is 0 Å². The highest BCUT2D eigenvalue weighted by atomic mass is 32.1. The van der Waals surface area contributed by atoms with Crippen molar-refractivity contribution in [2.24, 2.45) is 17.8 Å². The Morgan fingerprint density at radius 2 is 1.25 bits per heavy atom. The van der Waals surface area contributed by atoms with E-state index in [4.69, 9.17) is 0 Å². The monoisotopic (exact) mass is 328 g/mol. The number of hydrogen-bond donors (Lipinski definition) is 1. The first-order chi connectivity index (χ1) is 8.82. The van der Waals surface area contributed by atoms with E-state index in [0.29, 0.717) is 6.42 Å². The van der Waals surface area contributed by atoms with Crippen molar-refractivity contribution in [3.05, 3.63) is 0 Å². The quantitative estimate of drug-likeness (QED) is 0.544. The summed E-state index contributed by atoms with van der Waals surface area (Å²) >= 11 is 2.43.